The Labute approximate surface area is 176 Å². The van der Waals surface area contributed by atoms with Crippen LogP contribution in [-0.2, 0) is 4.79 Å². The molecule has 0 saturated carbocycles. The molecule has 1 amide bonds. The fourth-order valence-corrected chi connectivity index (χ4v) is 3.25. The van der Waals surface area contributed by atoms with Crippen LogP contribution in [-0.4, -0.2) is 33.9 Å². The second kappa shape index (κ2) is 8.98. The number of aromatic nitrogens is 2. The zero-order valence-corrected chi connectivity index (χ0v) is 16.8. The number of benzene rings is 2. The molecule has 0 saturated heterocycles. The Balaban J connectivity index is 1.91. The highest BCUT2D eigenvalue weighted by Crippen LogP contribution is 2.31. The van der Waals surface area contributed by atoms with Crippen molar-refractivity contribution in [2.75, 3.05) is 7.11 Å². The minimum absolute atomic E-state index is 0.0687. The Morgan fingerprint density at radius 1 is 1.17 bits per heavy atom. The second-order valence-corrected chi connectivity index (χ2v) is 6.87. The number of halogens is 2. The third-order valence-corrected chi connectivity index (χ3v) is 4.99. The van der Waals surface area contributed by atoms with Gasteiger partial charge in [0.15, 0.2) is 5.69 Å². The molecule has 0 radical (unpaired) electrons. The van der Waals surface area contributed by atoms with Gasteiger partial charge in [0.05, 0.1) is 35.3 Å². The van der Waals surface area contributed by atoms with Crippen LogP contribution >= 0.6 is 23.2 Å². The minimum atomic E-state index is -1.10. The van der Waals surface area contributed by atoms with Crippen molar-refractivity contribution >= 4 is 35.1 Å². The number of hydrogen-bond acceptors (Lipinski definition) is 4. The Hall–Kier alpha value is -3.03. The molecule has 0 unspecified atom stereocenters. The summed E-state index contributed by atoms with van der Waals surface area (Å²) in [5, 5.41) is 16.7. The highest BCUT2D eigenvalue weighted by atomic mass is 35.5. The van der Waals surface area contributed by atoms with E-state index in [-0.39, 0.29) is 22.2 Å². The van der Waals surface area contributed by atoms with E-state index in [0.29, 0.717) is 17.1 Å². The number of carbonyl (C=O) groups is 2. The number of amides is 1. The highest BCUT2D eigenvalue weighted by Gasteiger charge is 2.24. The van der Waals surface area contributed by atoms with Gasteiger partial charge < -0.3 is 15.2 Å². The third-order valence-electron chi connectivity index (χ3n) is 4.16. The van der Waals surface area contributed by atoms with E-state index < -0.39 is 17.9 Å². The lowest BCUT2D eigenvalue weighted by Crippen LogP contribution is -2.30. The Morgan fingerprint density at radius 2 is 1.90 bits per heavy atom. The van der Waals surface area contributed by atoms with Gasteiger partial charge in [-0.25, -0.2) is 4.68 Å². The van der Waals surface area contributed by atoms with Crippen LogP contribution in [0.3, 0.4) is 0 Å². The molecule has 0 aliphatic heterocycles. The van der Waals surface area contributed by atoms with Gasteiger partial charge in [0.2, 0.25) is 5.88 Å². The lowest BCUT2D eigenvalue weighted by Gasteiger charge is -2.18. The maximum absolute atomic E-state index is 12.8. The fraction of sp³-hybridized carbons (Fsp3) is 0.150. The SMILES string of the molecule is COc1cc(C(=O)N[C@@H](CC(=O)O)c2cccc(Cl)c2Cl)nn1-c1ccccc1. The molecular formula is C20H17Cl2N3O4. The van der Waals surface area contributed by atoms with Crippen molar-refractivity contribution in [2.45, 2.75) is 12.5 Å². The molecule has 0 aliphatic carbocycles. The molecule has 1 aromatic heterocycles. The van der Waals surface area contributed by atoms with Crippen molar-refractivity contribution < 1.29 is 19.4 Å². The topological polar surface area (TPSA) is 93.4 Å². The van der Waals surface area contributed by atoms with Gasteiger partial charge in [0, 0.05) is 6.07 Å². The van der Waals surface area contributed by atoms with Gasteiger partial charge in [-0.1, -0.05) is 53.5 Å². The lowest BCUT2D eigenvalue weighted by molar-refractivity contribution is -0.137. The van der Waals surface area contributed by atoms with Gasteiger partial charge in [-0.2, -0.15) is 5.10 Å². The highest BCUT2D eigenvalue weighted by molar-refractivity contribution is 6.42. The van der Waals surface area contributed by atoms with E-state index in [1.165, 1.54) is 17.9 Å². The first-order chi connectivity index (χ1) is 13.9. The summed E-state index contributed by atoms with van der Waals surface area (Å²) in [4.78, 5) is 24.1. The second-order valence-electron chi connectivity index (χ2n) is 6.09. The predicted molar refractivity (Wildman–Crippen MR) is 109 cm³/mol. The van der Waals surface area contributed by atoms with Crippen LogP contribution in [0.2, 0.25) is 10.0 Å². The van der Waals surface area contributed by atoms with E-state index >= 15 is 0 Å². The standard InChI is InChI=1S/C20H17Cl2N3O4/c1-29-17-10-16(24-25(17)12-6-3-2-4-7-12)20(28)23-15(11-18(26)27)13-8-5-9-14(21)19(13)22/h2-10,15H,11H2,1H3,(H,23,28)(H,26,27)/t15-/m0/s1. The van der Waals surface area contributed by atoms with E-state index in [4.69, 9.17) is 27.9 Å². The number of aliphatic carboxylic acids is 1. The minimum Gasteiger partial charge on any atom is -0.481 e. The summed E-state index contributed by atoms with van der Waals surface area (Å²) >= 11 is 12.3. The third kappa shape index (κ3) is 4.70. The van der Waals surface area contributed by atoms with Gasteiger partial charge in [-0.15, -0.1) is 0 Å². The number of methoxy groups -OCH3 is 1. The van der Waals surface area contributed by atoms with Crippen LogP contribution in [0, 0.1) is 0 Å². The van der Waals surface area contributed by atoms with E-state index in [0.717, 1.165) is 0 Å². The summed E-state index contributed by atoms with van der Waals surface area (Å²) in [5.41, 5.74) is 1.19. The van der Waals surface area contributed by atoms with Crippen molar-refractivity contribution in [3.63, 3.8) is 0 Å². The molecule has 2 N–H and O–H groups in total. The number of nitrogens with zero attached hydrogens (tertiary/aromatic N) is 2. The molecule has 3 aromatic rings. The van der Waals surface area contributed by atoms with Crippen molar-refractivity contribution in [2.24, 2.45) is 0 Å². The Bertz CT molecular complexity index is 1040. The van der Waals surface area contributed by atoms with Gasteiger partial charge in [-0.05, 0) is 23.8 Å². The Kier molecular flexibility index (Phi) is 6.41. The summed E-state index contributed by atoms with van der Waals surface area (Å²) in [6.07, 6.45) is -0.373. The molecule has 150 valence electrons. The van der Waals surface area contributed by atoms with Crippen molar-refractivity contribution in [3.8, 4) is 11.6 Å². The van der Waals surface area contributed by atoms with Gasteiger partial charge >= 0.3 is 5.97 Å². The Morgan fingerprint density at radius 3 is 2.55 bits per heavy atom. The number of para-hydroxylation sites is 1. The number of ether oxygens (including phenoxy) is 1. The molecule has 0 bridgehead atoms. The molecule has 0 fully saturated rings. The summed E-state index contributed by atoms with van der Waals surface area (Å²) in [6.45, 7) is 0. The largest absolute Gasteiger partial charge is 0.481 e. The smallest absolute Gasteiger partial charge is 0.305 e. The first-order valence-electron chi connectivity index (χ1n) is 8.56. The molecule has 1 atom stereocenters. The van der Waals surface area contributed by atoms with Crippen molar-refractivity contribution in [1.82, 2.24) is 15.1 Å². The molecule has 0 aliphatic rings. The molecule has 0 spiro atoms. The number of hydrogen-bond donors (Lipinski definition) is 2. The average Bonchev–Trinajstić information content (AvgIpc) is 3.14. The summed E-state index contributed by atoms with van der Waals surface area (Å²) < 4.78 is 6.79. The lowest BCUT2D eigenvalue weighted by atomic mass is 10.0. The first-order valence-corrected chi connectivity index (χ1v) is 9.32. The maximum Gasteiger partial charge on any atom is 0.305 e. The van der Waals surface area contributed by atoms with Crippen molar-refractivity contribution in [1.29, 1.82) is 0 Å². The normalized spacial score (nSPS) is 11.7. The predicted octanol–water partition coefficient (Wildman–Crippen LogP) is 4.13. The monoisotopic (exact) mass is 433 g/mol. The zero-order valence-electron chi connectivity index (χ0n) is 15.3. The number of carbonyl (C=O) groups excluding carboxylic acids is 1. The molecule has 3 rings (SSSR count). The van der Waals surface area contributed by atoms with Crippen LogP contribution < -0.4 is 10.1 Å². The molecule has 9 heteroatoms. The van der Waals surface area contributed by atoms with Crippen LogP contribution in [0.1, 0.15) is 28.5 Å². The van der Waals surface area contributed by atoms with Crippen molar-refractivity contribution in [3.05, 3.63) is 75.9 Å². The quantitative estimate of drug-likeness (QED) is 0.583. The summed E-state index contributed by atoms with van der Waals surface area (Å²) in [5.74, 6) is -1.31. The zero-order chi connectivity index (χ0) is 21.0. The molecule has 1 heterocycles. The summed E-state index contributed by atoms with van der Waals surface area (Å²) in [6, 6.07) is 14.6. The average molecular weight is 434 g/mol. The van der Waals surface area contributed by atoms with Gasteiger partial charge in [0.1, 0.15) is 0 Å². The van der Waals surface area contributed by atoms with Crippen LogP contribution in [0.25, 0.3) is 5.69 Å². The van der Waals surface area contributed by atoms with E-state index in [1.807, 2.05) is 30.3 Å². The molecular weight excluding hydrogens is 417 g/mol. The number of carboxylic acids is 1. The molecule has 7 nitrogen and oxygen atoms in total. The number of nitrogens with one attached hydrogen (secondary N) is 1. The number of carboxylic acid groups (broad SMARTS) is 1. The van der Waals surface area contributed by atoms with Crippen LogP contribution in [0.4, 0.5) is 0 Å². The first kappa shape index (κ1) is 20.7. The van der Waals surface area contributed by atoms with Gasteiger partial charge in [0.25, 0.3) is 5.91 Å². The molecule has 29 heavy (non-hydrogen) atoms. The van der Waals surface area contributed by atoms with E-state index in [9.17, 15) is 14.7 Å². The van der Waals surface area contributed by atoms with E-state index in [1.54, 1.807) is 18.2 Å². The van der Waals surface area contributed by atoms with Gasteiger partial charge in [-0.3, -0.25) is 9.59 Å². The summed E-state index contributed by atoms with van der Waals surface area (Å²) in [7, 11) is 1.47. The van der Waals surface area contributed by atoms with E-state index in [2.05, 4.69) is 10.4 Å². The van der Waals surface area contributed by atoms with Crippen LogP contribution in [0.5, 0.6) is 5.88 Å². The maximum atomic E-state index is 12.8. The number of rotatable bonds is 7. The fourth-order valence-electron chi connectivity index (χ4n) is 2.81. The molecule has 2 aromatic carbocycles. The van der Waals surface area contributed by atoms with Crippen LogP contribution in [0.15, 0.2) is 54.6 Å².